The molecule has 3 heteroatoms. The van der Waals surface area contributed by atoms with Gasteiger partial charge in [0.05, 0.1) is 5.52 Å². The van der Waals surface area contributed by atoms with E-state index in [-0.39, 0.29) is 0 Å². The minimum absolute atomic E-state index is 0.650. The average molecular weight is 241 g/mol. The van der Waals surface area contributed by atoms with Gasteiger partial charge in [0, 0.05) is 29.9 Å². The molecule has 1 fully saturated rings. The number of hydrogen-bond acceptors (Lipinski definition) is 3. The standard InChI is InChI=1S/C15H19N3/c1-11-2-3-13-8-14(4-5-15(13)17-11)18-7-6-12(9-16)10-18/h2-5,8,12H,6-7,9-10,16H2,1H3. The Balaban J connectivity index is 1.92. The van der Waals surface area contributed by atoms with Crippen molar-refractivity contribution in [3.05, 3.63) is 36.0 Å². The summed E-state index contributed by atoms with van der Waals surface area (Å²) in [6.07, 6.45) is 1.21. The molecule has 1 aromatic heterocycles. The lowest BCUT2D eigenvalue weighted by molar-refractivity contribution is 0.603. The molecule has 0 saturated carbocycles. The van der Waals surface area contributed by atoms with Gasteiger partial charge in [0.2, 0.25) is 0 Å². The molecule has 2 aromatic rings. The van der Waals surface area contributed by atoms with Crippen LogP contribution < -0.4 is 10.6 Å². The van der Waals surface area contributed by atoms with Crippen molar-refractivity contribution in [1.82, 2.24) is 4.98 Å². The molecule has 1 unspecified atom stereocenters. The van der Waals surface area contributed by atoms with Gasteiger partial charge in [-0.05, 0) is 50.1 Å². The van der Waals surface area contributed by atoms with Gasteiger partial charge in [-0.2, -0.15) is 0 Å². The van der Waals surface area contributed by atoms with Gasteiger partial charge in [0.15, 0.2) is 0 Å². The fourth-order valence-electron chi connectivity index (χ4n) is 2.67. The highest BCUT2D eigenvalue weighted by Crippen LogP contribution is 2.26. The van der Waals surface area contributed by atoms with Crippen molar-refractivity contribution in [3.63, 3.8) is 0 Å². The molecule has 3 rings (SSSR count). The summed E-state index contributed by atoms with van der Waals surface area (Å²) in [5, 5.41) is 1.22. The number of aromatic nitrogens is 1. The maximum absolute atomic E-state index is 5.74. The van der Waals surface area contributed by atoms with E-state index in [4.69, 9.17) is 5.73 Å². The highest BCUT2D eigenvalue weighted by molar-refractivity contribution is 5.82. The lowest BCUT2D eigenvalue weighted by atomic mass is 10.1. The van der Waals surface area contributed by atoms with Gasteiger partial charge in [-0.1, -0.05) is 6.07 Å². The highest BCUT2D eigenvalue weighted by Gasteiger charge is 2.21. The predicted molar refractivity (Wildman–Crippen MR) is 75.9 cm³/mol. The maximum atomic E-state index is 5.74. The lowest BCUT2D eigenvalue weighted by Gasteiger charge is -2.19. The Morgan fingerprint density at radius 1 is 1.33 bits per heavy atom. The second-order valence-corrected chi connectivity index (χ2v) is 5.17. The van der Waals surface area contributed by atoms with Gasteiger partial charge in [0.1, 0.15) is 0 Å². The van der Waals surface area contributed by atoms with Gasteiger partial charge < -0.3 is 10.6 Å². The smallest absolute Gasteiger partial charge is 0.0706 e. The van der Waals surface area contributed by atoms with Crippen molar-refractivity contribution in [2.45, 2.75) is 13.3 Å². The van der Waals surface area contributed by atoms with Crippen molar-refractivity contribution in [1.29, 1.82) is 0 Å². The summed E-state index contributed by atoms with van der Waals surface area (Å²) in [6.45, 7) is 5.03. The van der Waals surface area contributed by atoms with Crippen LogP contribution in [0.25, 0.3) is 10.9 Å². The van der Waals surface area contributed by atoms with Crippen LogP contribution in [0.1, 0.15) is 12.1 Å². The van der Waals surface area contributed by atoms with Crippen molar-refractivity contribution in [2.75, 3.05) is 24.5 Å². The molecule has 2 N–H and O–H groups in total. The first-order valence-electron chi connectivity index (χ1n) is 6.58. The van der Waals surface area contributed by atoms with E-state index in [0.29, 0.717) is 5.92 Å². The summed E-state index contributed by atoms with van der Waals surface area (Å²) in [6, 6.07) is 10.7. The number of pyridine rings is 1. The molecule has 3 nitrogen and oxygen atoms in total. The molecule has 0 radical (unpaired) electrons. The summed E-state index contributed by atoms with van der Waals surface area (Å²) in [7, 11) is 0. The number of anilines is 1. The Labute approximate surface area is 108 Å². The van der Waals surface area contributed by atoms with Gasteiger partial charge in [-0.3, -0.25) is 4.98 Å². The van der Waals surface area contributed by atoms with Crippen LogP contribution in [0.2, 0.25) is 0 Å². The number of rotatable bonds is 2. The van der Waals surface area contributed by atoms with Crippen molar-refractivity contribution in [3.8, 4) is 0 Å². The van der Waals surface area contributed by atoms with E-state index >= 15 is 0 Å². The normalized spacial score (nSPS) is 19.7. The molecule has 0 bridgehead atoms. The van der Waals surface area contributed by atoms with Gasteiger partial charge >= 0.3 is 0 Å². The predicted octanol–water partition coefficient (Wildman–Crippen LogP) is 2.33. The molecule has 0 amide bonds. The Hall–Kier alpha value is -1.61. The first kappa shape index (κ1) is 11.5. The third-order valence-electron chi connectivity index (χ3n) is 3.80. The quantitative estimate of drug-likeness (QED) is 0.877. The van der Waals surface area contributed by atoms with E-state index in [2.05, 4.69) is 40.2 Å². The van der Waals surface area contributed by atoms with Crippen LogP contribution in [0, 0.1) is 12.8 Å². The topological polar surface area (TPSA) is 42.1 Å². The van der Waals surface area contributed by atoms with E-state index in [0.717, 1.165) is 30.8 Å². The largest absolute Gasteiger partial charge is 0.371 e. The molecular weight excluding hydrogens is 222 g/mol. The summed E-state index contributed by atoms with van der Waals surface area (Å²) >= 11 is 0. The Kier molecular flexibility index (Phi) is 2.92. The number of nitrogens with zero attached hydrogens (tertiary/aromatic N) is 2. The van der Waals surface area contributed by atoms with Gasteiger partial charge in [0.25, 0.3) is 0 Å². The fraction of sp³-hybridized carbons (Fsp3) is 0.400. The summed E-state index contributed by atoms with van der Waals surface area (Å²) < 4.78 is 0. The second-order valence-electron chi connectivity index (χ2n) is 5.17. The molecule has 1 aliphatic rings. The lowest BCUT2D eigenvalue weighted by Crippen LogP contribution is -2.22. The van der Waals surface area contributed by atoms with Gasteiger partial charge in [-0.25, -0.2) is 0 Å². The first-order chi connectivity index (χ1) is 8.76. The van der Waals surface area contributed by atoms with E-state index in [1.165, 1.54) is 17.5 Å². The molecule has 1 atom stereocenters. The van der Waals surface area contributed by atoms with Crippen LogP contribution in [0.4, 0.5) is 5.69 Å². The molecule has 0 aliphatic carbocycles. The third kappa shape index (κ3) is 2.06. The molecular formula is C15H19N3. The zero-order chi connectivity index (χ0) is 12.5. The molecule has 1 aliphatic heterocycles. The maximum Gasteiger partial charge on any atom is 0.0706 e. The van der Waals surface area contributed by atoms with E-state index < -0.39 is 0 Å². The van der Waals surface area contributed by atoms with Crippen LogP contribution >= 0.6 is 0 Å². The number of aryl methyl sites for hydroxylation is 1. The molecule has 94 valence electrons. The van der Waals surface area contributed by atoms with Crippen molar-refractivity contribution >= 4 is 16.6 Å². The van der Waals surface area contributed by atoms with E-state index in [9.17, 15) is 0 Å². The number of hydrogen-bond donors (Lipinski definition) is 1. The Morgan fingerprint density at radius 3 is 3.00 bits per heavy atom. The summed E-state index contributed by atoms with van der Waals surface area (Å²) in [5.41, 5.74) is 9.19. The summed E-state index contributed by atoms with van der Waals surface area (Å²) in [5.74, 6) is 0.650. The Bertz CT molecular complexity index is 565. The van der Waals surface area contributed by atoms with Crippen LogP contribution in [-0.2, 0) is 0 Å². The molecule has 1 saturated heterocycles. The van der Waals surface area contributed by atoms with E-state index in [1.807, 2.05) is 6.92 Å². The number of benzene rings is 1. The molecule has 2 heterocycles. The first-order valence-corrected chi connectivity index (χ1v) is 6.58. The molecule has 1 aromatic carbocycles. The third-order valence-corrected chi connectivity index (χ3v) is 3.80. The Morgan fingerprint density at radius 2 is 2.22 bits per heavy atom. The minimum atomic E-state index is 0.650. The zero-order valence-electron chi connectivity index (χ0n) is 10.8. The zero-order valence-corrected chi connectivity index (χ0v) is 10.8. The minimum Gasteiger partial charge on any atom is -0.371 e. The van der Waals surface area contributed by atoms with Crippen LogP contribution in [0.15, 0.2) is 30.3 Å². The summed E-state index contributed by atoms with van der Waals surface area (Å²) in [4.78, 5) is 6.96. The SMILES string of the molecule is Cc1ccc2cc(N3CCC(CN)C3)ccc2n1. The second kappa shape index (κ2) is 4.58. The van der Waals surface area contributed by atoms with Crippen molar-refractivity contribution < 1.29 is 0 Å². The number of nitrogens with two attached hydrogens (primary N) is 1. The van der Waals surface area contributed by atoms with Gasteiger partial charge in [-0.15, -0.1) is 0 Å². The monoisotopic (exact) mass is 241 g/mol. The molecule has 18 heavy (non-hydrogen) atoms. The number of fused-ring (bicyclic) bond motifs is 1. The fourth-order valence-corrected chi connectivity index (χ4v) is 2.67. The highest BCUT2D eigenvalue weighted by atomic mass is 15.2. The van der Waals surface area contributed by atoms with Crippen LogP contribution in [0.5, 0.6) is 0 Å². The van der Waals surface area contributed by atoms with E-state index in [1.54, 1.807) is 0 Å². The van der Waals surface area contributed by atoms with Crippen molar-refractivity contribution in [2.24, 2.45) is 11.7 Å². The van der Waals surface area contributed by atoms with Crippen LogP contribution in [-0.4, -0.2) is 24.6 Å². The average Bonchev–Trinajstić information content (AvgIpc) is 2.87. The molecule has 0 spiro atoms. The van der Waals surface area contributed by atoms with Crippen LogP contribution in [0.3, 0.4) is 0 Å².